The minimum Gasteiger partial charge on any atom is -0.381 e. The van der Waals surface area contributed by atoms with Gasteiger partial charge in [0, 0.05) is 17.8 Å². The van der Waals surface area contributed by atoms with Gasteiger partial charge in [-0.15, -0.1) is 0 Å². The number of benzene rings is 2. The van der Waals surface area contributed by atoms with E-state index in [1.54, 1.807) is 0 Å². The van der Waals surface area contributed by atoms with Crippen LogP contribution in [0.1, 0.15) is 29.2 Å². The van der Waals surface area contributed by atoms with E-state index in [0.29, 0.717) is 6.54 Å². The Balaban J connectivity index is 1.94. The number of pyridine rings is 1. The van der Waals surface area contributed by atoms with E-state index < -0.39 is 0 Å². The first-order chi connectivity index (χ1) is 11.1. The highest BCUT2D eigenvalue weighted by molar-refractivity contribution is 5.82. The van der Waals surface area contributed by atoms with Crippen LogP contribution in [0, 0.1) is 13.8 Å². The number of anilines is 1. The van der Waals surface area contributed by atoms with Crippen LogP contribution in [0.5, 0.6) is 0 Å². The maximum atomic E-state index is 12.4. The molecule has 0 radical (unpaired) electrons. The Morgan fingerprint density at radius 2 is 1.83 bits per heavy atom. The lowest BCUT2D eigenvalue weighted by molar-refractivity contribution is 1.06. The van der Waals surface area contributed by atoms with Gasteiger partial charge >= 0.3 is 0 Å². The van der Waals surface area contributed by atoms with Gasteiger partial charge in [-0.05, 0) is 55.0 Å². The first kappa shape index (κ1) is 15.3. The van der Waals surface area contributed by atoms with Gasteiger partial charge in [0.05, 0.1) is 5.52 Å². The maximum Gasteiger partial charge on any atom is 0.253 e. The second-order valence-electron chi connectivity index (χ2n) is 6.03. The summed E-state index contributed by atoms with van der Waals surface area (Å²) in [7, 11) is 0. The highest BCUT2D eigenvalue weighted by atomic mass is 16.1. The molecule has 1 aromatic heterocycles. The lowest BCUT2D eigenvalue weighted by Gasteiger charge is -2.11. The molecule has 0 unspecified atom stereocenters. The summed E-state index contributed by atoms with van der Waals surface area (Å²) in [5, 5.41) is 4.48. The molecule has 0 bridgehead atoms. The molecular weight excluding hydrogens is 284 g/mol. The average Bonchev–Trinajstić information content (AvgIpc) is 2.54. The van der Waals surface area contributed by atoms with Crippen molar-refractivity contribution in [3.63, 3.8) is 0 Å². The van der Waals surface area contributed by atoms with Crippen molar-refractivity contribution in [2.24, 2.45) is 0 Å². The maximum absolute atomic E-state index is 12.4. The fraction of sp³-hybridized carbons (Fsp3) is 0.250. The van der Waals surface area contributed by atoms with Crippen LogP contribution in [0.15, 0.2) is 47.3 Å². The van der Waals surface area contributed by atoms with Crippen LogP contribution >= 0.6 is 0 Å². The molecule has 0 aliphatic carbocycles. The molecule has 118 valence electrons. The van der Waals surface area contributed by atoms with E-state index in [1.807, 2.05) is 25.1 Å². The zero-order valence-electron chi connectivity index (χ0n) is 13.9. The number of rotatable bonds is 4. The lowest BCUT2D eigenvalue weighted by Crippen LogP contribution is -2.16. The van der Waals surface area contributed by atoms with Crippen LogP contribution in [0.25, 0.3) is 10.9 Å². The Hall–Kier alpha value is -2.55. The van der Waals surface area contributed by atoms with Gasteiger partial charge in [0.1, 0.15) is 0 Å². The summed E-state index contributed by atoms with van der Waals surface area (Å²) in [6, 6.07) is 14.4. The average molecular weight is 306 g/mol. The molecule has 3 rings (SSSR count). The normalized spacial score (nSPS) is 10.9. The molecule has 3 nitrogen and oxygen atoms in total. The zero-order valence-corrected chi connectivity index (χ0v) is 13.9. The second kappa shape index (κ2) is 6.29. The van der Waals surface area contributed by atoms with Gasteiger partial charge in [0.15, 0.2) is 0 Å². The van der Waals surface area contributed by atoms with Gasteiger partial charge < -0.3 is 10.3 Å². The molecule has 0 atom stereocenters. The van der Waals surface area contributed by atoms with Gasteiger partial charge in [-0.25, -0.2) is 0 Å². The highest BCUT2D eigenvalue weighted by Crippen LogP contribution is 2.19. The number of para-hydroxylation sites is 1. The van der Waals surface area contributed by atoms with E-state index in [1.165, 1.54) is 11.1 Å². The third kappa shape index (κ3) is 3.14. The van der Waals surface area contributed by atoms with Gasteiger partial charge in [0.2, 0.25) is 0 Å². The molecule has 0 spiro atoms. The lowest BCUT2D eigenvalue weighted by atomic mass is 10.1. The van der Waals surface area contributed by atoms with E-state index >= 15 is 0 Å². The molecule has 3 heteroatoms. The van der Waals surface area contributed by atoms with Gasteiger partial charge in [0.25, 0.3) is 5.56 Å². The Labute approximate surface area is 136 Å². The van der Waals surface area contributed by atoms with Crippen molar-refractivity contribution < 1.29 is 0 Å². The molecule has 0 amide bonds. The van der Waals surface area contributed by atoms with Crippen molar-refractivity contribution in [2.75, 3.05) is 5.32 Å². The monoisotopic (exact) mass is 306 g/mol. The first-order valence-electron chi connectivity index (χ1n) is 8.03. The van der Waals surface area contributed by atoms with E-state index in [4.69, 9.17) is 0 Å². The summed E-state index contributed by atoms with van der Waals surface area (Å²) in [5.41, 5.74) is 6.33. The summed E-state index contributed by atoms with van der Waals surface area (Å²) in [6.07, 6.45) is 0.968. The van der Waals surface area contributed by atoms with Crippen LogP contribution in [-0.4, -0.2) is 4.98 Å². The Bertz CT molecular complexity index is 909. The Morgan fingerprint density at radius 3 is 2.61 bits per heavy atom. The molecule has 23 heavy (non-hydrogen) atoms. The van der Waals surface area contributed by atoms with Crippen LogP contribution in [-0.2, 0) is 13.0 Å². The number of aromatic amines is 1. The van der Waals surface area contributed by atoms with Crippen LogP contribution in [0.4, 0.5) is 5.69 Å². The summed E-state index contributed by atoms with van der Waals surface area (Å²) < 4.78 is 0. The van der Waals surface area contributed by atoms with Crippen LogP contribution in [0.3, 0.4) is 0 Å². The SMILES string of the molecule is CCc1ccccc1NCc1cc2cc(C)cc(C)c2[nH]c1=O. The Kier molecular flexibility index (Phi) is 4.20. The molecule has 0 aliphatic rings. The highest BCUT2D eigenvalue weighted by Gasteiger charge is 2.06. The van der Waals surface area contributed by atoms with Gasteiger partial charge in [-0.3, -0.25) is 4.79 Å². The van der Waals surface area contributed by atoms with Crippen molar-refractivity contribution in [1.82, 2.24) is 4.98 Å². The molecule has 3 aromatic rings. The van der Waals surface area contributed by atoms with Crippen LogP contribution in [0.2, 0.25) is 0 Å². The molecule has 0 saturated carbocycles. The number of hydrogen-bond donors (Lipinski definition) is 2. The number of aromatic nitrogens is 1. The molecule has 2 N–H and O–H groups in total. The number of hydrogen-bond acceptors (Lipinski definition) is 2. The Morgan fingerprint density at radius 1 is 1.04 bits per heavy atom. The van der Waals surface area contributed by atoms with Crippen LogP contribution < -0.4 is 10.9 Å². The van der Waals surface area contributed by atoms with E-state index in [2.05, 4.69) is 48.4 Å². The topological polar surface area (TPSA) is 44.9 Å². The zero-order chi connectivity index (χ0) is 16.4. The van der Waals surface area contributed by atoms with Crippen molar-refractivity contribution >= 4 is 16.6 Å². The predicted molar refractivity (Wildman–Crippen MR) is 97.2 cm³/mol. The van der Waals surface area contributed by atoms with E-state index in [9.17, 15) is 4.79 Å². The molecule has 0 fully saturated rings. The summed E-state index contributed by atoms with van der Waals surface area (Å²) in [4.78, 5) is 15.4. The molecule has 0 aliphatic heterocycles. The fourth-order valence-electron chi connectivity index (χ4n) is 3.05. The predicted octanol–water partition coefficient (Wildman–Crippen LogP) is 4.32. The number of aryl methyl sites for hydroxylation is 3. The van der Waals surface area contributed by atoms with Crippen molar-refractivity contribution in [3.05, 3.63) is 75.1 Å². The number of fused-ring (bicyclic) bond motifs is 1. The molecular formula is C20H22N2O. The van der Waals surface area contributed by atoms with E-state index in [0.717, 1.165) is 34.1 Å². The smallest absolute Gasteiger partial charge is 0.253 e. The molecule has 2 aromatic carbocycles. The largest absolute Gasteiger partial charge is 0.381 e. The van der Waals surface area contributed by atoms with Crippen molar-refractivity contribution in [2.45, 2.75) is 33.7 Å². The van der Waals surface area contributed by atoms with Crippen molar-refractivity contribution in [3.8, 4) is 0 Å². The van der Waals surface area contributed by atoms with E-state index in [-0.39, 0.29) is 5.56 Å². The molecule has 1 heterocycles. The third-order valence-corrected chi connectivity index (χ3v) is 4.24. The third-order valence-electron chi connectivity index (χ3n) is 4.24. The summed E-state index contributed by atoms with van der Waals surface area (Å²) in [5.74, 6) is 0. The standard InChI is InChI=1S/C20H22N2O/c1-4-15-7-5-6-8-18(15)21-12-17-11-16-10-13(2)9-14(3)19(16)22-20(17)23/h5-11,21H,4,12H2,1-3H3,(H,22,23). The number of H-pyrrole nitrogens is 1. The van der Waals surface area contributed by atoms with Gasteiger partial charge in [-0.1, -0.05) is 36.8 Å². The summed E-state index contributed by atoms with van der Waals surface area (Å²) >= 11 is 0. The molecule has 0 saturated heterocycles. The minimum absolute atomic E-state index is 0.0223. The van der Waals surface area contributed by atoms with Crippen molar-refractivity contribution in [1.29, 1.82) is 0 Å². The van der Waals surface area contributed by atoms with Gasteiger partial charge in [-0.2, -0.15) is 0 Å². The first-order valence-corrected chi connectivity index (χ1v) is 8.03. The number of nitrogens with one attached hydrogen (secondary N) is 2. The minimum atomic E-state index is -0.0223. The fourth-order valence-corrected chi connectivity index (χ4v) is 3.05. The second-order valence-corrected chi connectivity index (χ2v) is 6.03. The quantitative estimate of drug-likeness (QED) is 0.754. The summed E-state index contributed by atoms with van der Waals surface area (Å²) in [6.45, 7) is 6.76.